The first-order valence-corrected chi connectivity index (χ1v) is 8.62. The molecule has 2 aromatic heterocycles. The molecule has 1 N–H and O–H groups in total. The molecule has 21 heavy (non-hydrogen) atoms. The third-order valence-corrected chi connectivity index (χ3v) is 5.21. The van der Waals surface area contributed by atoms with Gasteiger partial charge in [0.25, 0.3) is 0 Å². The second-order valence-electron chi connectivity index (χ2n) is 4.93. The van der Waals surface area contributed by atoms with Gasteiger partial charge in [0.2, 0.25) is 5.13 Å². The van der Waals surface area contributed by atoms with E-state index >= 15 is 0 Å². The fourth-order valence-electron chi connectivity index (χ4n) is 2.35. The number of hydrogen-bond donors (Lipinski definition) is 1. The van der Waals surface area contributed by atoms with Crippen LogP contribution in [0.4, 0.5) is 5.13 Å². The highest BCUT2D eigenvalue weighted by Crippen LogP contribution is 2.32. The van der Waals surface area contributed by atoms with Crippen LogP contribution < -0.4 is 5.32 Å². The van der Waals surface area contributed by atoms with Crippen molar-refractivity contribution in [3.8, 4) is 6.07 Å². The van der Waals surface area contributed by atoms with E-state index in [0.29, 0.717) is 11.7 Å². The normalized spacial score (nSPS) is 15.6. The van der Waals surface area contributed by atoms with E-state index in [1.165, 1.54) is 43.9 Å². The van der Waals surface area contributed by atoms with Gasteiger partial charge in [-0.25, -0.2) is 4.98 Å². The van der Waals surface area contributed by atoms with E-state index in [0.717, 1.165) is 14.5 Å². The summed E-state index contributed by atoms with van der Waals surface area (Å²) in [6.07, 6.45) is 6.36. The monoisotopic (exact) mass is 317 g/mol. The summed E-state index contributed by atoms with van der Waals surface area (Å²) in [5, 5.41) is 22.3. The molecular weight excluding hydrogens is 302 g/mol. The molecule has 108 valence electrons. The molecule has 2 heterocycles. The molecule has 1 saturated carbocycles. The zero-order valence-electron chi connectivity index (χ0n) is 11.5. The number of aromatic nitrogens is 3. The minimum absolute atomic E-state index is 0.421. The molecule has 1 aliphatic rings. The average molecular weight is 317 g/mol. The molecule has 1 fully saturated rings. The van der Waals surface area contributed by atoms with Crippen molar-refractivity contribution in [1.82, 2.24) is 15.2 Å². The van der Waals surface area contributed by atoms with Crippen LogP contribution >= 0.6 is 23.1 Å². The molecule has 0 amide bonds. The Labute approximate surface area is 131 Å². The summed E-state index contributed by atoms with van der Waals surface area (Å²) in [7, 11) is 0. The Bertz CT molecular complexity index is 643. The molecular formula is C14H15N5S2. The molecule has 0 radical (unpaired) electrons. The number of nitrogens with zero attached hydrogens (tertiary/aromatic N) is 4. The number of anilines is 1. The molecule has 0 bridgehead atoms. The van der Waals surface area contributed by atoms with Crippen molar-refractivity contribution in [3.63, 3.8) is 0 Å². The lowest BCUT2D eigenvalue weighted by molar-refractivity contribution is 0.462. The molecule has 0 aromatic carbocycles. The van der Waals surface area contributed by atoms with E-state index in [9.17, 15) is 0 Å². The van der Waals surface area contributed by atoms with Crippen molar-refractivity contribution in [3.05, 3.63) is 23.9 Å². The summed E-state index contributed by atoms with van der Waals surface area (Å²) in [5.74, 6) is 0. The highest BCUT2D eigenvalue weighted by molar-refractivity contribution is 8.01. The molecule has 5 nitrogen and oxygen atoms in total. The van der Waals surface area contributed by atoms with Crippen LogP contribution in [0.3, 0.4) is 0 Å². The summed E-state index contributed by atoms with van der Waals surface area (Å²) < 4.78 is 0.843. The molecule has 2 aromatic rings. The van der Waals surface area contributed by atoms with Crippen molar-refractivity contribution in [2.45, 2.75) is 47.5 Å². The van der Waals surface area contributed by atoms with Gasteiger partial charge in [-0.3, -0.25) is 0 Å². The number of nitrogens with one attached hydrogen (secondary N) is 1. The molecule has 0 aliphatic heterocycles. The van der Waals surface area contributed by atoms with Gasteiger partial charge in [0, 0.05) is 6.04 Å². The Morgan fingerprint density at radius 1 is 1.24 bits per heavy atom. The van der Waals surface area contributed by atoms with Crippen LogP contribution in [0.15, 0.2) is 27.6 Å². The van der Waals surface area contributed by atoms with E-state index in [2.05, 4.69) is 20.5 Å². The second-order valence-corrected chi connectivity index (χ2v) is 7.17. The summed E-state index contributed by atoms with van der Waals surface area (Å²) in [4.78, 5) is 4.23. The van der Waals surface area contributed by atoms with E-state index < -0.39 is 0 Å². The second kappa shape index (κ2) is 6.87. The smallest absolute Gasteiger partial charge is 0.206 e. The molecule has 7 heteroatoms. The maximum atomic E-state index is 8.86. The largest absolute Gasteiger partial charge is 0.357 e. The van der Waals surface area contributed by atoms with E-state index in [1.807, 2.05) is 18.2 Å². The topological polar surface area (TPSA) is 74.5 Å². The van der Waals surface area contributed by atoms with Gasteiger partial charge in [0.1, 0.15) is 16.8 Å². The predicted molar refractivity (Wildman–Crippen MR) is 83.5 cm³/mol. The molecule has 3 rings (SSSR count). The van der Waals surface area contributed by atoms with Crippen LogP contribution in [0.25, 0.3) is 0 Å². The lowest BCUT2D eigenvalue weighted by Crippen LogP contribution is -2.21. The van der Waals surface area contributed by atoms with E-state index in [4.69, 9.17) is 5.26 Å². The number of nitriles is 1. The average Bonchev–Trinajstić information content (AvgIpc) is 2.95. The van der Waals surface area contributed by atoms with E-state index in [-0.39, 0.29) is 0 Å². The predicted octanol–water partition coefficient (Wildman–Crippen LogP) is 3.70. The number of pyridine rings is 1. The molecule has 1 aliphatic carbocycles. The lowest BCUT2D eigenvalue weighted by atomic mass is 9.96. The first-order chi connectivity index (χ1) is 10.3. The van der Waals surface area contributed by atoms with Gasteiger partial charge < -0.3 is 5.32 Å². The van der Waals surface area contributed by atoms with Crippen LogP contribution in [-0.2, 0) is 0 Å². The highest BCUT2D eigenvalue weighted by atomic mass is 32.2. The van der Waals surface area contributed by atoms with Gasteiger partial charge in [0.05, 0.1) is 0 Å². The third kappa shape index (κ3) is 3.93. The zero-order valence-corrected chi connectivity index (χ0v) is 13.1. The summed E-state index contributed by atoms with van der Waals surface area (Å²) in [6.45, 7) is 0. The molecule has 0 atom stereocenters. The Balaban J connectivity index is 1.63. The van der Waals surface area contributed by atoms with Crippen LogP contribution in [-0.4, -0.2) is 21.2 Å². The van der Waals surface area contributed by atoms with E-state index in [1.54, 1.807) is 17.4 Å². The Kier molecular flexibility index (Phi) is 4.68. The van der Waals surface area contributed by atoms with Gasteiger partial charge >= 0.3 is 0 Å². The standard InChI is InChI=1S/C14H15N5S2/c15-9-11-7-4-8-12(16-11)20-14-19-18-13(21-14)17-10-5-2-1-3-6-10/h4,7-8,10H,1-3,5-6H2,(H,17,18). The minimum Gasteiger partial charge on any atom is -0.357 e. The van der Waals surface area contributed by atoms with Crippen molar-refractivity contribution in [2.24, 2.45) is 0 Å². The van der Waals surface area contributed by atoms with Gasteiger partial charge in [-0.2, -0.15) is 5.26 Å². The Morgan fingerprint density at radius 2 is 2.10 bits per heavy atom. The SMILES string of the molecule is N#Cc1cccc(Sc2nnc(NC3CCCCC3)s2)n1. The van der Waals surface area contributed by atoms with Crippen molar-refractivity contribution in [2.75, 3.05) is 5.32 Å². The van der Waals surface area contributed by atoms with Crippen LogP contribution in [0.2, 0.25) is 0 Å². The van der Waals surface area contributed by atoms with Crippen LogP contribution in [0.5, 0.6) is 0 Å². The maximum absolute atomic E-state index is 8.86. The van der Waals surface area contributed by atoms with Gasteiger partial charge in [0.15, 0.2) is 4.34 Å². The summed E-state index contributed by atoms with van der Waals surface area (Å²) >= 11 is 2.98. The van der Waals surface area contributed by atoms with Crippen LogP contribution in [0.1, 0.15) is 37.8 Å². The Hall–Kier alpha value is -1.65. The molecule has 0 unspecified atom stereocenters. The van der Waals surface area contributed by atoms with Gasteiger partial charge in [-0.1, -0.05) is 36.7 Å². The van der Waals surface area contributed by atoms with Gasteiger partial charge in [-0.05, 0) is 36.7 Å². The third-order valence-electron chi connectivity index (χ3n) is 3.37. The summed E-state index contributed by atoms with van der Waals surface area (Å²) in [5.41, 5.74) is 0.421. The lowest BCUT2D eigenvalue weighted by Gasteiger charge is -2.21. The fraction of sp³-hybridized carbons (Fsp3) is 0.429. The van der Waals surface area contributed by atoms with Crippen LogP contribution in [0, 0.1) is 11.3 Å². The fourth-order valence-corrected chi connectivity index (χ4v) is 4.12. The zero-order chi connectivity index (χ0) is 14.5. The molecule has 0 spiro atoms. The minimum atomic E-state index is 0.421. The number of hydrogen-bond acceptors (Lipinski definition) is 7. The Morgan fingerprint density at radius 3 is 2.90 bits per heavy atom. The van der Waals surface area contributed by atoms with Crippen molar-refractivity contribution in [1.29, 1.82) is 5.26 Å². The highest BCUT2D eigenvalue weighted by Gasteiger charge is 2.15. The number of rotatable bonds is 4. The van der Waals surface area contributed by atoms with Crippen molar-refractivity contribution >= 4 is 28.2 Å². The first kappa shape index (κ1) is 14.3. The summed E-state index contributed by atoms with van der Waals surface area (Å²) in [6, 6.07) is 7.98. The maximum Gasteiger partial charge on any atom is 0.206 e. The van der Waals surface area contributed by atoms with Crippen molar-refractivity contribution < 1.29 is 0 Å². The first-order valence-electron chi connectivity index (χ1n) is 6.98. The van der Waals surface area contributed by atoms with Gasteiger partial charge in [-0.15, -0.1) is 10.2 Å². The molecule has 0 saturated heterocycles. The quantitative estimate of drug-likeness (QED) is 0.926.